The average molecular weight is 439 g/mol. The second-order valence-corrected chi connectivity index (χ2v) is 10.5. The monoisotopic (exact) mass is 438 g/mol. The number of hydrogen-bond acceptors (Lipinski definition) is 4. The van der Waals surface area contributed by atoms with Gasteiger partial charge in [-0.2, -0.15) is 0 Å². The predicted molar refractivity (Wildman–Crippen MR) is 129 cm³/mol. The molecule has 0 amide bonds. The van der Waals surface area contributed by atoms with Crippen LogP contribution in [0.3, 0.4) is 0 Å². The van der Waals surface area contributed by atoms with Gasteiger partial charge in [-0.15, -0.1) is 0 Å². The van der Waals surface area contributed by atoms with Crippen LogP contribution in [0.25, 0.3) is 11.1 Å². The molecule has 0 aliphatic carbocycles. The van der Waals surface area contributed by atoms with Gasteiger partial charge in [0.25, 0.3) is 0 Å². The maximum absolute atomic E-state index is 6.29. The molecule has 0 radical (unpaired) electrons. The molecule has 0 N–H and O–H groups in total. The smallest absolute Gasteiger partial charge is 0.125 e. The summed E-state index contributed by atoms with van der Waals surface area (Å²) in [5.41, 5.74) is 12.4. The van der Waals surface area contributed by atoms with Crippen LogP contribution in [0.1, 0.15) is 58.4 Å². The molecule has 2 aliphatic rings. The Morgan fingerprint density at radius 2 is 0.781 bits per heavy atom. The van der Waals surface area contributed by atoms with Gasteiger partial charge >= 0.3 is 0 Å². The van der Waals surface area contributed by atoms with E-state index in [0.29, 0.717) is 13.2 Å². The summed E-state index contributed by atoms with van der Waals surface area (Å²) in [5, 5.41) is 0. The molecule has 2 aliphatic heterocycles. The minimum absolute atomic E-state index is 0.126. The third kappa shape index (κ3) is 3.92. The summed E-state index contributed by atoms with van der Waals surface area (Å²) in [5.74, 6) is 2.00. The molecule has 0 bridgehead atoms. The lowest BCUT2D eigenvalue weighted by Gasteiger charge is -2.26. The van der Waals surface area contributed by atoms with Gasteiger partial charge in [0.2, 0.25) is 0 Å². The lowest BCUT2D eigenvalue weighted by atomic mass is 9.82. The highest BCUT2D eigenvalue weighted by Crippen LogP contribution is 2.45. The van der Waals surface area contributed by atoms with Gasteiger partial charge in [-0.1, -0.05) is 0 Å². The van der Waals surface area contributed by atoms with Gasteiger partial charge in [0, 0.05) is 0 Å². The van der Waals surface area contributed by atoms with Crippen LogP contribution in [0.15, 0.2) is 0 Å². The molecule has 4 nitrogen and oxygen atoms in total. The van der Waals surface area contributed by atoms with Crippen molar-refractivity contribution >= 4 is 0 Å². The average Bonchev–Trinajstić information content (AvgIpc) is 3.66. The first-order valence-electron chi connectivity index (χ1n) is 11.6. The van der Waals surface area contributed by atoms with Crippen molar-refractivity contribution < 1.29 is 18.9 Å². The van der Waals surface area contributed by atoms with Crippen molar-refractivity contribution in [2.24, 2.45) is 0 Å². The van der Waals surface area contributed by atoms with E-state index in [9.17, 15) is 0 Å². The minimum atomic E-state index is -0.126. The van der Waals surface area contributed by atoms with Crippen molar-refractivity contribution in [3.8, 4) is 22.6 Å². The molecule has 0 spiro atoms. The summed E-state index contributed by atoms with van der Waals surface area (Å²) < 4.78 is 23.6. The zero-order valence-corrected chi connectivity index (χ0v) is 21.5. The quantitative estimate of drug-likeness (QED) is 0.486. The zero-order valence-electron chi connectivity index (χ0n) is 21.5. The van der Waals surface area contributed by atoms with Gasteiger partial charge in [0.1, 0.15) is 35.9 Å². The minimum Gasteiger partial charge on any atom is -0.490 e. The van der Waals surface area contributed by atoms with Gasteiger partial charge in [-0.25, -0.2) is 0 Å². The summed E-state index contributed by atoms with van der Waals surface area (Å²) in [6, 6.07) is 0. The fraction of sp³-hybridized carbons (Fsp3) is 0.571. The van der Waals surface area contributed by atoms with Gasteiger partial charge in [-0.05, 0) is 125 Å². The van der Waals surface area contributed by atoms with Crippen molar-refractivity contribution in [1.82, 2.24) is 0 Å². The van der Waals surface area contributed by atoms with Crippen LogP contribution in [0.5, 0.6) is 11.5 Å². The Balaban J connectivity index is 1.79. The van der Waals surface area contributed by atoms with Crippen LogP contribution in [0.2, 0.25) is 0 Å². The number of epoxide rings is 2. The molecule has 2 fully saturated rings. The Kier molecular flexibility index (Phi) is 5.62. The van der Waals surface area contributed by atoms with Crippen LogP contribution >= 0.6 is 0 Å². The largest absolute Gasteiger partial charge is 0.490 e. The van der Waals surface area contributed by atoms with Gasteiger partial charge in [0.05, 0.1) is 13.2 Å². The lowest BCUT2D eigenvalue weighted by molar-refractivity contribution is 0.200. The summed E-state index contributed by atoms with van der Waals surface area (Å²) in [7, 11) is 0. The first kappa shape index (κ1) is 23.1. The van der Waals surface area contributed by atoms with Crippen LogP contribution < -0.4 is 9.47 Å². The normalized spacial score (nSPS) is 23.9. The molecule has 174 valence electrons. The molecule has 2 saturated heterocycles. The summed E-state index contributed by atoms with van der Waals surface area (Å²) in [6.45, 7) is 24.5. The Morgan fingerprint density at radius 1 is 0.531 bits per heavy atom. The van der Waals surface area contributed by atoms with E-state index in [-0.39, 0.29) is 11.2 Å². The summed E-state index contributed by atoms with van der Waals surface area (Å²) in [4.78, 5) is 0. The maximum Gasteiger partial charge on any atom is 0.125 e. The molecule has 2 atom stereocenters. The number of ether oxygens (including phenoxy) is 4. The van der Waals surface area contributed by atoms with Crippen molar-refractivity contribution in [3.63, 3.8) is 0 Å². The third-order valence-electron chi connectivity index (χ3n) is 7.68. The molecule has 2 aromatic rings. The van der Waals surface area contributed by atoms with E-state index in [4.69, 9.17) is 18.9 Å². The molecule has 2 unspecified atom stereocenters. The van der Waals surface area contributed by atoms with Gasteiger partial charge < -0.3 is 18.9 Å². The fourth-order valence-corrected chi connectivity index (χ4v) is 4.60. The molecular formula is C28H38O4. The molecule has 0 aromatic heterocycles. The van der Waals surface area contributed by atoms with Crippen molar-refractivity contribution in [3.05, 3.63) is 44.5 Å². The SMILES string of the molecule is Cc1c(C)c(-c2c(C)c(C)c(OCC3(C)CO3)c(C)c2C)c(C)c(C)c1OCC1(C)CO1. The first-order valence-corrected chi connectivity index (χ1v) is 11.6. The number of rotatable bonds is 7. The van der Waals surface area contributed by atoms with Crippen molar-refractivity contribution in [1.29, 1.82) is 0 Å². The predicted octanol–water partition coefficient (Wildman–Crippen LogP) is 6.16. The second-order valence-electron chi connectivity index (χ2n) is 10.5. The van der Waals surface area contributed by atoms with E-state index in [2.05, 4.69) is 69.2 Å². The Labute approximate surface area is 193 Å². The van der Waals surface area contributed by atoms with E-state index >= 15 is 0 Å². The number of benzene rings is 2. The van der Waals surface area contributed by atoms with Crippen LogP contribution in [0, 0.1) is 55.4 Å². The van der Waals surface area contributed by atoms with E-state index in [0.717, 1.165) is 24.7 Å². The Hall–Kier alpha value is -2.04. The molecular weight excluding hydrogens is 400 g/mol. The molecule has 32 heavy (non-hydrogen) atoms. The Morgan fingerprint density at radius 3 is 1.00 bits per heavy atom. The highest BCUT2D eigenvalue weighted by Gasteiger charge is 2.41. The van der Waals surface area contributed by atoms with E-state index in [1.54, 1.807) is 0 Å². The van der Waals surface area contributed by atoms with Gasteiger partial charge in [0.15, 0.2) is 0 Å². The molecule has 0 saturated carbocycles. The highest BCUT2D eigenvalue weighted by molar-refractivity contribution is 5.82. The van der Waals surface area contributed by atoms with E-state index < -0.39 is 0 Å². The second kappa shape index (κ2) is 7.78. The third-order valence-corrected chi connectivity index (χ3v) is 7.68. The highest BCUT2D eigenvalue weighted by atomic mass is 16.6. The molecule has 4 heteroatoms. The van der Waals surface area contributed by atoms with E-state index in [1.807, 2.05) is 0 Å². The molecule has 4 rings (SSSR count). The van der Waals surface area contributed by atoms with Crippen LogP contribution in [0.4, 0.5) is 0 Å². The molecule has 2 aromatic carbocycles. The standard InChI is InChI=1S/C28H38O4/c1-15-19(5)25(29-11-27(9)13-31-27)20(6)16(2)23(15)24-17(3)21(7)26(22(8)18(24)4)30-12-28(10)14-32-28/h11-14H2,1-10H3. The maximum atomic E-state index is 6.29. The van der Waals surface area contributed by atoms with Gasteiger partial charge in [-0.3, -0.25) is 0 Å². The Bertz CT molecular complexity index is 942. The molecule has 2 heterocycles. The van der Waals surface area contributed by atoms with Crippen LogP contribution in [-0.4, -0.2) is 37.6 Å². The van der Waals surface area contributed by atoms with Crippen LogP contribution in [-0.2, 0) is 9.47 Å². The zero-order chi connectivity index (χ0) is 23.6. The number of hydrogen-bond donors (Lipinski definition) is 0. The fourth-order valence-electron chi connectivity index (χ4n) is 4.60. The van der Waals surface area contributed by atoms with Crippen molar-refractivity contribution in [2.75, 3.05) is 26.4 Å². The van der Waals surface area contributed by atoms with Crippen molar-refractivity contribution in [2.45, 2.75) is 80.4 Å². The lowest BCUT2D eigenvalue weighted by Crippen LogP contribution is -2.19. The first-order chi connectivity index (χ1) is 14.9. The summed E-state index contributed by atoms with van der Waals surface area (Å²) >= 11 is 0. The van der Waals surface area contributed by atoms with E-state index in [1.165, 1.54) is 55.6 Å². The summed E-state index contributed by atoms with van der Waals surface area (Å²) in [6.07, 6.45) is 0. The topological polar surface area (TPSA) is 43.5 Å².